The molecule has 0 aliphatic carbocycles. The molecule has 5 heteroatoms. The summed E-state index contributed by atoms with van der Waals surface area (Å²) in [6.45, 7) is 3.21. The molecule has 0 saturated carbocycles. The van der Waals surface area contributed by atoms with Gasteiger partial charge in [-0.2, -0.15) is 13.2 Å². The molecule has 94 valence electrons. The third-order valence-electron chi connectivity index (χ3n) is 2.19. The molecule has 0 nitrogen and oxygen atoms in total. The van der Waals surface area contributed by atoms with Gasteiger partial charge in [0.15, 0.2) is 0 Å². The largest absolute Gasteiger partial charge is 0.416 e. The van der Waals surface area contributed by atoms with Crippen molar-refractivity contribution in [2.45, 2.75) is 24.9 Å². The summed E-state index contributed by atoms with van der Waals surface area (Å²) in [7, 11) is 0. The molecule has 0 atom stereocenters. The molecule has 0 aliphatic heterocycles. The lowest BCUT2D eigenvalue weighted by Crippen LogP contribution is -2.18. The number of rotatable bonds is 4. The van der Waals surface area contributed by atoms with Crippen LogP contribution in [0.4, 0.5) is 22.0 Å². The maximum absolute atomic E-state index is 13.2. The van der Waals surface area contributed by atoms with E-state index in [1.807, 2.05) is 0 Å². The summed E-state index contributed by atoms with van der Waals surface area (Å²) in [6, 6.07) is 3.75. The van der Waals surface area contributed by atoms with Crippen LogP contribution in [0.3, 0.4) is 0 Å². The molecule has 0 fully saturated rings. The molecule has 0 aromatic heterocycles. The summed E-state index contributed by atoms with van der Waals surface area (Å²) in [5, 5.41) is 0. The van der Waals surface area contributed by atoms with Gasteiger partial charge in [0.25, 0.3) is 5.92 Å². The van der Waals surface area contributed by atoms with Gasteiger partial charge in [0.05, 0.1) is 5.56 Å². The van der Waals surface area contributed by atoms with Crippen LogP contribution in [0.25, 0.3) is 0 Å². The van der Waals surface area contributed by atoms with Gasteiger partial charge in [0.2, 0.25) is 0 Å². The molecule has 0 saturated heterocycles. The number of allylic oxidation sites excluding steroid dienone is 1. The Labute approximate surface area is 95.8 Å². The van der Waals surface area contributed by atoms with Gasteiger partial charge < -0.3 is 0 Å². The van der Waals surface area contributed by atoms with Gasteiger partial charge in [-0.25, -0.2) is 8.78 Å². The summed E-state index contributed by atoms with van der Waals surface area (Å²) in [6.07, 6.45) is -4.43. The third kappa shape index (κ3) is 4.17. The zero-order chi connectivity index (χ0) is 13.1. The molecule has 0 N–H and O–H groups in total. The van der Waals surface area contributed by atoms with Gasteiger partial charge in [-0.15, -0.1) is 6.58 Å². The molecule has 0 aliphatic rings. The van der Waals surface area contributed by atoms with E-state index in [0.29, 0.717) is 0 Å². The lowest BCUT2D eigenvalue weighted by atomic mass is 10.0. The second-order valence-electron chi connectivity index (χ2n) is 3.72. The Hall–Kier alpha value is -1.39. The average Bonchev–Trinajstić information content (AvgIpc) is 2.16. The van der Waals surface area contributed by atoms with Crippen molar-refractivity contribution in [2.24, 2.45) is 0 Å². The van der Waals surface area contributed by atoms with Crippen LogP contribution < -0.4 is 0 Å². The first-order chi connectivity index (χ1) is 7.74. The maximum atomic E-state index is 13.2. The Kier molecular flexibility index (Phi) is 3.91. The van der Waals surface area contributed by atoms with E-state index >= 15 is 0 Å². The minimum absolute atomic E-state index is 0.171. The highest BCUT2D eigenvalue weighted by Gasteiger charge is 2.31. The highest BCUT2D eigenvalue weighted by Crippen LogP contribution is 2.30. The van der Waals surface area contributed by atoms with Crippen molar-refractivity contribution in [1.29, 1.82) is 0 Å². The van der Waals surface area contributed by atoms with Crippen molar-refractivity contribution in [3.05, 3.63) is 48.0 Å². The number of alkyl halides is 5. The zero-order valence-electron chi connectivity index (χ0n) is 8.90. The van der Waals surface area contributed by atoms with Crippen LogP contribution in [0.2, 0.25) is 0 Å². The highest BCUT2D eigenvalue weighted by atomic mass is 19.4. The minimum atomic E-state index is -4.44. The SMILES string of the molecule is C=CCC(F)(F)Cc1ccc(C(F)(F)F)cc1. The zero-order valence-corrected chi connectivity index (χ0v) is 8.90. The van der Waals surface area contributed by atoms with Crippen LogP contribution in [0, 0.1) is 0 Å². The fourth-order valence-electron chi connectivity index (χ4n) is 1.39. The standard InChI is InChI=1S/C12H11F5/c1-2-7-11(13,14)8-9-3-5-10(6-4-9)12(15,16)17/h2-6H,1,7-8H2. The predicted octanol–water partition coefficient (Wildman–Crippen LogP) is 4.46. The summed E-state index contributed by atoms with van der Waals surface area (Å²) < 4.78 is 63.0. The molecular weight excluding hydrogens is 239 g/mol. The van der Waals surface area contributed by atoms with E-state index in [0.717, 1.165) is 30.3 Å². The van der Waals surface area contributed by atoms with Gasteiger partial charge in [0.1, 0.15) is 0 Å². The smallest absolute Gasteiger partial charge is 0.206 e. The molecule has 1 aromatic rings. The fourth-order valence-corrected chi connectivity index (χ4v) is 1.39. The molecule has 0 spiro atoms. The monoisotopic (exact) mass is 250 g/mol. The molecule has 0 radical (unpaired) electrons. The van der Waals surface area contributed by atoms with Gasteiger partial charge >= 0.3 is 6.18 Å². The minimum Gasteiger partial charge on any atom is -0.206 e. The van der Waals surface area contributed by atoms with Crippen molar-refractivity contribution in [1.82, 2.24) is 0 Å². The number of hydrogen-bond donors (Lipinski definition) is 0. The first-order valence-corrected chi connectivity index (χ1v) is 4.89. The van der Waals surface area contributed by atoms with Gasteiger partial charge in [-0.1, -0.05) is 18.2 Å². The molecule has 0 bridgehead atoms. The van der Waals surface area contributed by atoms with E-state index in [1.54, 1.807) is 0 Å². The fraction of sp³-hybridized carbons (Fsp3) is 0.333. The number of benzene rings is 1. The van der Waals surface area contributed by atoms with E-state index in [1.165, 1.54) is 0 Å². The second-order valence-corrected chi connectivity index (χ2v) is 3.72. The maximum Gasteiger partial charge on any atom is 0.416 e. The normalized spacial score (nSPS) is 12.5. The van der Waals surface area contributed by atoms with E-state index in [2.05, 4.69) is 6.58 Å². The van der Waals surface area contributed by atoms with Crippen molar-refractivity contribution >= 4 is 0 Å². The van der Waals surface area contributed by atoms with Crippen LogP contribution in [0.5, 0.6) is 0 Å². The molecule has 0 unspecified atom stereocenters. The molecule has 1 aromatic carbocycles. The number of halogens is 5. The summed E-state index contributed by atoms with van der Waals surface area (Å²) in [5.41, 5.74) is -0.668. The summed E-state index contributed by atoms with van der Waals surface area (Å²) in [4.78, 5) is 0. The molecule has 0 amide bonds. The summed E-state index contributed by atoms with van der Waals surface area (Å²) in [5.74, 6) is -2.97. The van der Waals surface area contributed by atoms with Crippen molar-refractivity contribution in [2.75, 3.05) is 0 Å². The number of hydrogen-bond acceptors (Lipinski definition) is 0. The van der Waals surface area contributed by atoms with Gasteiger partial charge in [-0.05, 0) is 17.7 Å². The van der Waals surface area contributed by atoms with Gasteiger partial charge in [-0.3, -0.25) is 0 Å². The van der Waals surface area contributed by atoms with Crippen LogP contribution in [-0.2, 0) is 12.6 Å². The Balaban J connectivity index is 2.79. The first kappa shape index (κ1) is 13.7. The quantitative estimate of drug-likeness (QED) is 0.546. The van der Waals surface area contributed by atoms with Crippen molar-refractivity contribution < 1.29 is 22.0 Å². The predicted molar refractivity (Wildman–Crippen MR) is 54.9 cm³/mol. The van der Waals surface area contributed by atoms with E-state index in [4.69, 9.17) is 0 Å². The molecular formula is C12H11F5. The Morgan fingerprint density at radius 1 is 1.00 bits per heavy atom. The average molecular weight is 250 g/mol. The lowest BCUT2D eigenvalue weighted by molar-refractivity contribution is -0.137. The van der Waals surface area contributed by atoms with E-state index < -0.39 is 30.5 Å². The first-order valence-electron chi connectivity index (χ1n) is 4.89. The van der Waals surface area contributed by atoms with Crippen LogP contribution >= 0.6 is 0 Å². The van der Waals surface area contributed by atoms with Gasteiger partial charge in [0, 0.05) is 12.8 Å². The van der Waals surface area contributed by atoms with E-state index in [-0.39, 0.29) is 5.56 Å². The van der Waals surface area contributed by atoms with Crippen LogP contribution in [0.15, 0.2) is 36.9 Å². The Bertz CT molecular complexity index is 375. The lowest BCUT2D eigenvalue weighted by Gasteiger charge is -2.14. The molecule has 17 heavy (non-hydrogen) atoms. The Morgan fingerprint density at radius 3 is 1.94 bits per heavy atom. The highest BCUT2D eigenvalue weighted by molar-refractivity contribution is 5.25. The van der Waals surface area contributed by atoms with Crippen LogP contribution in [0.1, 0.15) is 17.5 Å². The Morgan fingerprint density at radius 2 is 1.53 bits per heavy atom. The van der Waals surface area contributed by atoms with E-state index in [9.17, 15) is 22.0 Å². The summed E-state index contributed by atoms with van der Waals surface area (Å²) >= 11 is 0. The topological polar surface area (TPSA) is 0 Å². The van der Waals surface area contributed by atoms with Crippen molar-refractivity contribution in [3.8, 4) is 0 Å². The third-order valence-corrected chi connectivity index (χ3v) is 2.19. The van der Waals surface area contributed by atoms with Crippen molar-refractivity contribution in [3.63, 3.8) is 0 Å². The van der Waals surface area contributed by atoms with Crippen LogP contribution in [-0.4, -0.2) is 5.92 Å². The molecule has 0 heterocycles. The molecule has 1 rings (SSSR count). The second kappa shape index (κ2) is 4.85.